The molecule has 20 heavy (non-hydrogen) atoms. The van der Waals surface area contributed by atoms with Crippen LogP contribution in [0.1, 0.15) is 17.0 Å². The van der Waals surface area contributed by atoms with Crippen LogP contribution in [0.2, 0.25) is 0 Å². The predicted octanol–water partition coefficient (Wildman–Crippen LogP) is 2.88. The molecule has 1 saturated heterocycles. The number of anilines is 1. The molecule has 0 radical (unpaired) electrons. The zero-order valence-corrected chi connectivity index (χ0v) is 11.8. The highest BCUT2D eigenvalue weighted by molar-refractivity contribution is 5.48. The lowest BCUT2D eigenvalue weighted by Crippen LogP contribution is -2.44. The summed E-state index contributed by atoms with van der Waals surface area (Å²) in [5.41, 5.74) is 9.25. The summed E-state index contributed by atoms with van der Waals surface area (Å²) in [6.45, 7) is 3.10. The Morgan fingerprint density at radius 3 is 2.60 bits per heavy atom. The molecule has 2 aromatic carbocycles. The zero-order chi connectivity index (χ0) is 13.9. The summed E-state index contributed by atoms with van der Waals surface area (Å²) in [7, 11) is 1.71. The van der Waals surface area contributed by atoms with Gasteiger partial charge in [-0.2, -0.15) is 0 Å². The minimum Gasteiger partial charge on any atom is -0.496 e. The Hall–Kier alpha value is -2.00. The Morgan fingerprint density at radius 2 is 1.90 bits per heavy atom. The fraction of sp³-hybridized carbons (Fsp3) is 0.294. The molecule has 0 aliphatic carbocycles. The van der Waals surface area contributed by atoms with Crippen molar-refractivity contribution in [1.29, 1.82) is 0 Å². The summed E-state index contributed by atoms with van der Waals surface area (Å²) in [6, 6.07) is 16.5. The highest BCUT2D eigenvalue weighted by atomic mass is 16.5. The van der Waals surface area contributed by atoms with Crippen LogP contribution < -0.4 is 10.5 Å². The summed E-state index contributed by atoms with van der Waals surface area (Å²) in [6.07, 6.45) is 0. The van der Waals surface area contributed by atoms with Crippen molar-refractivity contribution >= 4 is 5.69 Å². The van der Waals surface area contributed by atoms with Crippen LogP contribution >= 0.6 is 0 Å². The zero-order valence-electron chi connectivity index (χ0n) is 11.8. The van der Waals surface area contributed by atoms with Crippen LogP contribution in [0.5, 0.6) is 5.75 Å². The number of likely N-dealkylation sites (tertiary alicyclic amines) is 1. The number of hydrogen-bond acceptors (Lipinski definition) is 3. The van der Waals surface area contributed by atoms with Crippen LogP contribution in [0, 0.1) is 0 Å². The molecule has 0 spiro atoms. The molecule has 0 unspecified atom stereocenters. The lowest BCUT2D eigenvalue weighted by molar-refractivity contribution is 0.138. The van der Waals surface area contributed by atoms with E-state index in [0.29, 0.717) is 5.92 Å². The van der Waals surface area contributed by atoms with E-state index < -0.39 is 0 Å². The van der Waals surface area contributed by atoms with Gasteiger partial charge in [-0.25, -0.2) is 0 Å². The lowest BCUT2D eigenvalue weighted by atomic mass is 9.91. The second kappa shape index (κ2) is 5.55. The van der Waals surface area contributed by atoms with Crippen LogP contribution in [0.3, 0.4) is 0 Å². The summed E-state index contributed by atoms with van der Waals surface area (Å²) < 4.78 is 5.40. The van der Waals surface area contributed by atoms with Gasteiger partial charge < -0.3 is 10.5 Å². The van der Waals surface area contributed by atoms with E-state index >= 15 is 0 Å². The highest BCUT2D eigenvalue weighted by Crippen LogP contribution is 2.30. The van der Waals surface area contributed by atoms with E-state index in [1.165, 1.54) is 11.1 Å². The van der Waals surface area contributed by atoms with Gasteiger partial charge in [0.1, 0.15) is 5.75 Å². The Labute approximate surface area is 120 Å². The molecule has 0 aromatic heterocycles. The van der Waals surface area contributed by atoms with Crippen LogP contribution in [0.4, 0.5) is 5.69 Å². The van der Waals surface area contributed by atoms with Gasteiger partial charge in [0.05, 0.1) is 7.11 Å². The molecule has 2 N–H and O–H groups in total. The number of ether oxygens (including phenoxy) is 1. The molecule has 3 heteroatoms. The summed E-state index contributed by atoms with van der Waals surface area (Å²) in [5, 5.41) is 0. The van der Waals surface area contributed by atoms with E-state index in [0.717, 1.165) is 31.1 Å². The molecule has 1 fully saturated rings. The van der Waals surface area contributed by atoms with Gasteiger partial charge in [0, 0.05) is 36.8 Å². The third-order valence-corrected chi connectivity index (χ3v) is 3.93. The van der Waals surface area contributed by atoms with Crippen molar-refractivity contribution in [3.8, 4) is 5.75 Å². The number of benzene rings is 2. The Bertz CT molecular complexity index is 577. The first-order chi connectivity index (χ1) is 9.76. The third kappa shape index (κ3) is 2.63. The maximum Gasteiger partial charge on any atom is 0.123 e. The summed E-state index contributed by atoms with van der Waals surface area (Å²) in [4.78, 5) is 2.43. The Balaban J connectivity index is 1.63. The van der Waals surface area contributed by atoms with Crippen molar-refractivity contribution in [3.05, 3.63) is 59.7 Å². The summed E-state index contributed by atoms with van der Waals surface area (Å²) in [5.74, 6) is 1.57. The molecule has 0 amide bonds. The van der Waals surface area contributed by atoms with Gasteiger partial charge in [-0.15, -0.1) is 0 Å². The average molecular weight is 268 g/mol. The normalized spacial score (nSPS) is 15.8. The molecule has 1 heterocycles. The molecule has 3 rings (SSSR count). The molecule has 0 atom stereocenters. The monoisotopic (exact) mass is 268 g/mol. The van der Waals surface area contributed by atoms with Crippen molar-refractivity contribution in [1.82, 2.24) is 4.90 Å². The van der Waals surface area contributed by atoms with Gasteiger partial charge in [0.15, 0.2) is 0 Å². The van der Waals surface area contributed by atoms with Gasteiger partial charge in [0.25, 0.3) is 0 Å². The minimum absolute atomic E-state index is 0.656. The topological polar surface area (TPSA) is 38.5 Å². The van der Waals surface area contributed by atoms with E-state index in [4.69, 9.17) is 10.5 Å². The van der Waals surface area contributed by atoms with Gasteiger partial charge >= 0.3 is 0 Å². The maximum absolute atomic E-state index is 5.86. The molecule has 3 nitrogen and oxygen atoms in total. The second-order valence-electron chi connectivity index (χ2n) is 5.37. The van der Waals surface area contributed by atoms with Gasteiger partial charge in [-0.3, -0.25) is 4.90 Å². The van der Waals surface area contributed by atoms with Crippen molar-refractivity contribution in [2.45, 2.75) is 12.5 Å². The first kappa shape index (κ1) is 13.0. The molecule has 1 aliphatic rings. The molecule has 0 saturated carbocycles. The van der Waals surface area contributed by atoms with Crippen LogP contribution in [-0.2, 0) is 6.54 Å². The van der Waals surface area contributed by atoms with Crippen LogP contribution in [0.25, 0.3) is 0 Å². The number of nitrogens with two attached hydrogens (primary N) is 1. The van der Waals surface area contributed by atoms with E-state index in [9.17, 15) is 0 Å². The number of nitrogen functional groups attached to an aromatic ring is 1. The molecule has 0 bridgehead atoms. The predicted molar refractivity (Wildman–Crippen MR) is 81.9 cm³/mol. The SMILES string of the molecule is COc1ccc(N)cc1CN1CC(c2ccccc2)C1. The minimum atomic E-state index is 0.656. The largest absolute Gasteiger partial charge is 0.496 e. The molecule has 104 valence electrons. The lowest BCUT2D eigenvalue weighted by Gasteiger charge is -2.39. The quantitative estimate of drug-likeness (QED) is 0.867. The third-order valence-electron chi connectivity index (χ3n) is 3.93. The van der Waals surface area contributed by atoms with Crippen LogP contribution in [0.15, 0.2) is 48.5 Å². The van der Waals surface area contributed by atoms with Crippen molar-refractivity contribution in [2.24, 2.45) is 0 Å². The molecular weight excluding hydrogens is 248 g/mol. The first-order valence-electron chi connectivity index (χ1n) is 6.96. The van der Waals surface area contributed by atoms with Gasteiger partial charge in [-0.1, -0.05) is 30.3 Å². The van der Waals surface area contributed by atoms with Gasteiger partial charge in [-0.05, 0) is 23.8 Å². The smallest absolute Gasteiger partial charge is 0.123 e. The van der Waals surface area contributed by atoms with E-state index in [2.05, 4.69) is 35.2 Å². The highest BCUT2D eigenvalue weighted by Gasteiger charge is 2.28. The molecular formula is C17H20N2O. The number of nitrogens with zero attached hydrogens (tertiary/aromatic N) is 1. The average Bonchev–Trinajstić information content (AvgIpc) is 2.43. The Morgan fingerprint density at radius 1 is 1.15 bits per heavy atom. The fourth-order valence-electron chi connectivity index (χ4n) is 2.80. The standard InChI is InChI=1S/C17H20N2O/c1-20-17-8-7-16(18)9-14(17)10-19-11-15(12-19)13-5-3-2-4-6-13/h2-9,15H,10-12,18H2,1H3. The summed E-state index contributed by atoms with van der Waals surface area (Å²) >= 11 is 0. The molecule has 1 aliphatic heterocycles. The maximum atomic E-state index is 5.86. The second-order valence-corrected chi connectivity index (χ2v) is 5.37. The number of hydrogen-bond donors (Lipinski definition) is 1. The van der Waals surface area contributed by atoms with Crippen LogP contribution in [-0.4, -0.2) is 25.1 Å². The van der Waals surface area contributed by atoms with E-state index in [1.54, 1.807) is 7.11 Å². The number of methoxy groups -OCH3 is 1. The number of rotatable bonds is 4. The Kier molecular flexibility index (Phi) is 3.61. The fourth-order valence-corrected chi connectivity index (χ4v) is 2.80. The van der Waals surface area contributed by atoms with Crippen molar-refractivity contribution in [3.63, 3.8) is 0 Å². The first-order valence-corrected chi connectivity index (χ1v) is 6.96. The van der Waals surface area contributed by atoms with Crippen molar-refractivity contribution in [2.75, 3.05) is 25.9 Å². The van der Waals surface area contributed by atoms with Crippen molar-refractivity contribution < 1.29 is 4.74 Å². The molecule has 2 aromatic rings. The van der Waals surface area contributed by atoms with E-state index in [-0.39, 0.29) is 0 Å². The van der Waals surface area contributed by atoms with Gasteiger partial charge in [0.2, 0.25) is 0 Å². The van der Waals surface area contributed by atoms with E-state index in [1.807, 2.05) is 18.2 Å².